The van der Waals surface area contributed by atoms with Crippen LogP contribution in [0.15, 0.2) is 73.1 Å². The molecule has 2 aromatic heterocycles. The molecule has 1 amide bonds. The zero-order valence-corrected chi connectivity index (χ0v) is 18.8. The molecule has 0 saturated heterocycles. The summed E-state index contributed by atoms with van der Waals surface area (Å²) in [6.07, 6.45) is -1.52. The topological polar surface area (TPSA) is 93.5 Å². The van der Waals surface area contributed by atoms with Gasteiger partial charge in [0.2, 0.25) is 0 Å². The Labute approximate surface area is 198 Å². The molecular formula is C25H22F3N3O4. The number of hydrogen-bond acceptors (Lipinski definition) is 4. The first kappa shape index (κ1) is 25.3. The molecule has 0 atom stereocenters. The van der Waals surface area contributed by atoms with Crippen LogP contribution in [0.4, 0.5) is 13.2 Å². The number of ether oxygens (including phenoxy) is 1. The minimum absolute atomic E-state index is 0.105. The summed E-state index contributed by atoms with van der Waals surface area (Å²) in [4.78, 5) is 25.7. The van der Waals surface area contributed by atoms with Crippen LogP contribution in [-0.2, 0) is 18.4 Å². The summed E-state index contributed by atoms with van der Waals surface area (Å²) in [5.41, 5.74) is 4.83. The molecule has 4 rings (SSSR count). The normalized spacial score (nSPS) is 10.9. The summed E-state index contributed by atoms with van der Waals surface area (Å²) in [5.74, 6) is -2.08. The maximum absolute atomic E-state index is 12.7. The second-order valence-electron chi connectivity index (χ2n) is 7.44. The number of hydrogen-bond donors (Lipinski definition) is 2. The summed E-state index contributed by atoms with van der Waals surface area (Å²) in [6.45, 7) is 0.444. The number of benzene rings is 2. The summed E-state index contributed by atoms with van der Waals surface area (Å²) in [5, 5.41) is 11.2. The van der Waals surface area contributed by atoms with Crippen molar-refractivity contribution in [3.63, 3.8) is 0 Å². The first-order chi connectivity index (χ1) is 16.6. The smallest absolute Gasteiger partial charge is 0.490 e. The van der Waals surface area contributed by atoms with Gasteiger partial charge in [0.05, 0.1) is 7.11 Å². The molecule has 0 fully saturated rings. The highest BCUT2D eigenvalue weighted by Crippen LogP contribution is 2.26. The van der Waals surface area contributed by atoms with E-state index in [2.05, 4.69) is 22.4 Å². The Kier molecular flexibility index (Phi) is 7.75. The van der Waals surface area contributed by atoms with Gasteiger partial charge < -0.3 is 19.7 Å². The molecule has 35 heavy (non-hydrogen) atoms. The Hall–Kier alpha value is -4.34. The fourth-order valence-corrected chi connectivity index (χ4v) is 3.33. The summed E-state index contributed by atoms with van der Waals surface area (Å²) >= 11 is 0. The van der Waals surface area contributed by atoms with Gasteiger partial charge in [-0.05, 0) is 53.1 Å². The van der Waals surface area contributed by atoms with Crippen molar-refractivity contribution in [2.75, 3.05) is 7.11 Å². The molecule has 0 unspecified atom stereocenters. The third kappa shape index (κ3) is 6.38. The zero-order valence-electron chi connectivity index (χ0n) is 18.8. The van der Waals surface area contributed by atoms with Crippen LogP contribution >= 0.6 is 0 Å². The van der Waals surface area contributed by atoms with E-state index in [1.165, 1.54) is 0 Å². The van der Waals surface area contributed by atoms with Gasteiger partial charge in [0.1, 0.15) is 11.4 Å². The van der Waals surface area contributed by atoms with E-state index in [1.807, 2.05) is 60.1 Å². The highest BCUT2D eigenvalue weighted by Gasteiger charge is 2.38. The van der Waals surface area contributed by atoms with Crippen molar-refractivity contribution in [3.8, 4) is 16.9 Å². The number of methoxy groups -OCH3 is 1. The number of carbonyl (C=O) groups excluding carboxylic acids is 1. The number of carboxylic acid groups (broad SMARTS) is 1. The Morgan fingerprint density at radius 3 is 2.34 bits per heavy atom. The van der Waals surface area contributed by atoms with Crippen LogP contribution in [0.25, 0.3) is 22.0 Å². The van der Waals surface area contributed by atoms with Gasteiger partial charge >= 0.3 is 12.1 Å². The van der Waals surface area contributed by atoms with E-state index in [0.717, 1.165) is 33.3 Å². The van der Waals surface area contributed by atoms with E-state index in [0.29, 0.717) is 12.2 Å². The van der Waals surface area contributed by atoms with Crippen LogP contribution in [0.1, 0.15) is 16.1 Å². The standard InChI is InChI=1S/C23H21N3O2.C2HF3O2/c1-26-21-13-18(17-8-10-24-11-9-17)6-7-19(21)14-22(26)23(27)25-15-16-4-3-5-20(12-16)28-2;3-2(4,5)1(6)7/h3-14H,15H2,1-2H3,(H,25,27);(H,6,7). The highest BCUT2D eigenvalue weighted by molar-refractivity contribution is 5.99. The van der Waals surface area contributed by atoms with E-state index in [9.17, 15) is 18.0 Å². The Morgan fingerprint density at radius 1 is 1.03 bits per heavy atom. The molecule has 2 heterocycles. The molecule has 0 spiro atoms. The molecule has 182 valence electrons. The molecule has 2 aromatic carbocycles. The summed E-state index contributed by atoms with van der Waals surface area (Å²) in [7, 11) is 3.55. The largest absolute Gasteiger partial charge is 0.497 e. The number of carboxylic acids is 1. The lowest BCUT2D eigenvalue weighted by Gasteiger charge is -2.08. The number of aryl methyl sites for hydroxylation is 1. The van der Waals surface area contributed by atoms with Crippen molar-refractivity contribution >= 4 is 22.8 Å². The number of rotatable bonds is 5. The minimum Gasteiger partial charge on any atom is -0.497 e. The quantitative estimate of drug-likeness (QED) is 0.423. The Bertz CT molecular complexity index is 1340. The molecule has 10 heteroatoms. The maximum Gasteiger partial charge on any atom is 0.490 e. The van der Waals surface area contributed by atoms with E-state index in [1.54, 1.807) is 19.5 Å². The van der Waals surface area contributed by atoms with Gasteiger partial charge in [-0.15, -0.1) is 0 Å². The molecule has 0 aliphatic carbocycles. The van der Waals surface area contributed by atoms with Gasteiger partial charge in [-0.25, -0.2) is 4.79 Å². The number of nitrogens with one attached hydrogen (secondary N) is 1. The molecule has 0 aliphatic heterocycles. The van der Waals surface area contributed by atoms with Crippen LogP contribution in [0.3, 0.4) is 0 Å². The average molecular weight is 485 g/mol. The number of alkyl halides is 3. The fraction of sp³-hybridized carbons (Fsp3) is 0.160. The number of carbonyl (C=O) groups is 2. The molecule has 0 aliphatic rings. The third-order valence-corrected chi connectivity index (χ3v) is 5.12. The van der Waals surface area contributed by atoms with Gasteiger partial charge in [-0.3, -0.25) is 9.78 Å². The van der Waals surface area contributed by atoms with Crippen LogP contribution in [0.2, 0.25) is 0 Å². The van der Waals surface area contributed by atoms with E-state index in [4.69, 9.17) is 14.6 Å². The second kappa shape index (κ2) is 10.7. The molecule has 0 bridgehead atoms. The monoisotopic (exact) mass is 485 g/mol. The van der Waals surface area contributed by atoms with Gasteiger partial charge in [0.15, 0.2) is 0 Å². The number of aromatic nitrogens is 2. The number of amides is 1. The number of fused-ring (bicyclic) bond motifs is 1. The molecular weight excluding hydrogens is 463 g/mol. The van der Waals surface area contributed by atoms with Crippen molar-refractivity contribution in [1.82, 2.24) is 14.9 Å². The highest BCUT2D eigenvalue weighted by atomic mass is 19.4. The first-order valence-electron chi connectivity index (χ1n) is 10.3. The summed E-state index contributed by atoms with van der Waals surface area (Å²) < 4.78 is 38.9. The number of nitrogens with zero attached hydrogens (tertiary/aromatic N) is 2. The van der Waals surface area contributed by atoms with Gasteiger partial charge in [-0.2, -0.15) is 13.2 Å². The Morgan fingerprint density at radius 2 is 1.71 bits per heavy atom. The van der Waals surface area contributed by atoms with Gasteiger partial charge in [-0.1, -0.05) is 24.3 Å². The maximum atomic E-state index is 12.7. The zero-order chi connectivity index (χ0) is 25.6. The fourth-order valence-electron chi connectivity index (χ4n) is 3.33. The van der Waals surface area contributed by atoms with Crippen LogP contribution < -0.4 is 10.1 Å². The van der Waals surface area contributed by atoms with E-state index in [-0.39, 0.29) is 5.91 Å². The first-order valence-corrected chi connectivity index (χ1v) is 10.3. The van der Waals surface area contributed by atoms with Crippen molar-refractivity contribution in [1.29, 1.82) is 0 Å². The third-order valence-electron chi connectivity index (χ3n) is 5.12. The number of halogens is 3. The lowest BCUT2D eigenvalue weighted by molar-refractivity contribution is -0.192. The lowest BCUT2D eigenvalue weighted by Crippen LogP contribution is -2.24. The van der Waals surface area contributed by atoms with E-state index >= 15 is 0 Å². The number of aliphatic carboxylic acids is 1. The van der Waals surface area contributed by atoms with Crippen molar-refractivity contribution in [3.05, 3.63) is 84.3 Å². The predicted molar refractivity (Wildman–Crippen MR) is 124 cm³/mol. The predicted octanol–water partition coefficient (Wildman–Crippen LogP) is 4.81. The van der Waals surface area contributed by atoms with Gasteiger partial charge in [0, 0.05) is 36.9 Å². The molecule has 0 saturated carbocycles. The van der Waals surface area contributed by atoms with Crippen LogP contribution in [0, 0.1) is 0 Å². The van der Waals surface area contributed by atoms with Crippen LogP contribution in [-0.4, -0.2) is 39.8 Å². The minimum atomic E-state index is -5.08. The van der Waals surface area contributed by atoms with Crippen molar-refractivity contribution < 1.29 is 32.6 Å². The van der Waals surface area contributed by atoms with Crippen molar-refractivity contribution in [2.45, 2.75) is 12.7 Å². The molecule has 4 aromatic rings. The van der Waals surface area contributed by atoms with Crippen LogP contribution in [0.5, 0.6) is 5.75 Å². The molecule has 7 nitrogen and oxygen atoms in total. The second-order valence-corrected chi connectivity index (χ2v) is 7.44. The molecule has 2 N–H and O–H groups in total. The molecule has 0 radical (unpaired) electrons. The Balaban J connectivity index is 0.000000429. The number of pyridine rings is 1. The van der Waals surface area contributed by atoms with E-state index < -0.39 is 12.1 Å². The SMILES string of the molecule is COc1cccc(CNC(=O)c2cc3ccc(-c4ccncc4)cc3n2C)c1.O=C(O)C(F)(F)F. The van der Waals surface area contributed by atoms with Crippen molar-refractivity contribution in [2.24, 2.45) is 7.05 Å². The van der Waals surface area contributed by atoms with Gasteiger partial charge in [0.25, 0.3) is 5.91 Å². The summed E-state index contributed by atoms with van der Waals surface area (Å²) in [6, 6.07) is 19.8. The average Bonchev–Trinajstić information content (AvgIpc) is 3.19. The lowest BCUT2D eigenvalue weighted by atomic mass is 10.1.